The first-order valence-corrected chi connectivity index (χ1v) is 13.9. The Kier molecular flexibility index (Phi) is 7.40. The van der Waals surface area contributed by atoms with E-state index in [1.807, 2.05) is 18.2 Å². The molecule has 0 amide bonds. The zero-order valence-electron chi connectivity index (χ0n) is 22.2. The minimum atomic E-state index is -2.70. The number of piperazine rings is 1. The molecule has 0 radical (unpaired) electrons. The van der Waals surface area contributed by atoms with Crippen LogP contribution in [0.15, 0.2) is 72.6 Å². The number of ether oxygens (including phenoxy) is 1. The van der Waals surface area contributed by atoms with Gasteiger partial charge in [-0.3, -0.25) is 4.90 Å². The second kappa shape index (κ2) is 11.1. The Labute approximate surface area is 241 Å². The Morgan fingerprint density at radius 1 is 1.07 bits per heavy atom. The summed E-state index contributed by atoms with van der Waals surface area (Å²) in [6.07, 6.45) is 3.30. The van der Waals surface area contributed by atoms with Gasteiger partial charge in [-0.2, -0.15) is 0 Å². The van der Waals surface area contributed by atoms with Crippen LogP contribution in [0.2, 0.25) is 5.02 Å². The lowest BCUT2D eigenvalue weighted by Crippen LogP contribution is -2.47. The number of H-pyrrole nitrogens is 1. The van der Waals surface area contributed by atoms with E-state index in [0.717, 1.165) is 33.4 Å². The molecular formula is C31H29ClF2N4O3. The molecule has 41 heavy (non-hydrogen) atoms. The number of alkyl halides is 2. The first-order valence-electron chi connectivity index (χ1n) is 13.5. The van der Waals surface area contributed by atoms with Crippen LogP contribution < -0.4 is 9.64 Å². The van der Waals surface area contributed by atoms with Gasteiger partial charge in [-0.1, -0.05) is 23.7 Å². The number of carboxylic acids is 1. The SMILES string of the molecule is O=C(O)c1ccc(N2CCN(CC3=C(c4ccc(Cl)cc4)CCC(F)(F)C3)CC2)cc1Oc1cnc2[nH]ccc2c1. The molecule has 7 nitrogen and oxygen atoms in total. The van der Waals surface area contributed by atoms with Crippen LogP contribution in [0, 0.1) is 0 Å². The van der Waals surface area contributed by atoms with Gasteiger partial charge in [-0.15, -0.1) is 0 Å². The van der Waals surface area contributed by atoms with E-state index >= 15 is 0 Å². The van der Waals surface area contributed by atoms with Crippen molar-refractivity contribution in [3.8, 4) is 11.5 Å². The molecule has 212 valence electrons. The average Bonchev–Trinajstić information content (AvgIpc) is 3.42. The van der Waals surface area contributed by atoms with Gasteiger partial charge in [0, 0.05) is 73.9 Å². The number of benzene rings is 2. The number of hydrogen-bond acceptors (Lipinski definition) is 5. The summed E-state index contributed by atoms with van der Waals surface area (Å²) in [5.41, 5.74) is 4.35. The van der Waals surface area contributed by atoms with E-state index in [0.29, 0.717) is 49.9 Å². The van der Waals surface area contributed by atoms with Crippen LogP contribution in [0.3, 0.4) is 0 Å². The van der Waals surface area contributed by atoms with E-state index in [4.69, 9.17) is 16.3 Å². The number of halogens is 3. The number of nitrogens with one attached hydrogen (secondary N) is 1. The van der Waals surface area contributed by atoms with Gasteiger partial charge in [0.2, 0.25) is 0 Å². The number of allylic oxidation sites excluding steroid dienone is 1. The van der Waals surface area contributed by atoms with Crippen molar-refractivity contribution < 1.29 is 23.4 Å². The van der Waals surface area contributed by atoms with Gasteiger partial charge >= 0.3 is 5.97 Å². The maximum Gasteiger partial charge on any atom is 0.339 e. The molecule has 10 heteroatoms. The lowest BCUT2D eigenvalue weighted by molar-refractivity contribution is -0.0109. The number of aromatic amines is 1. The number of carboxylic acid groups (broad SMARTS) is 1. The zero-order chi connectivity index (χ0) is 28.6. The topological polar surface area (TPSA) is 81.7 Å². The molecule has 1 aliphatic carbocycles. The Morgan fingerprint density at radius 2 is 1.85 bits per heavy atom. The minimum absolute atomic E-state index is 0.0569. The molecule has 2 N–H and O–H groups in total. The van der Waals surface area contributed by atoms with Gasteiger partial charge in [0.25, 0.3) is 5.92 Å². The maximum atomic E-state index is 14.4. The Hall–Kier alpha value is -3.95. The summed E-state index contributed by atoms with van der Waals surface area (Å²) in [4.78, 5) is 23.6. The fourth-order valence-corrected chi connectivity index (χ4v) is 5.77. The van der Waals surface area contributed by atoms with Crippen molar-refractivity contribution in [1.82, 2.24) is 14.9 Å². The quantitative estimate of drug-likeness (QED) is 0.243. The summed E-state index contributed by atoms with van der Waals surface area (Å²) in [6, 6.07) is 16.2. The fourth-order valence-electron chi connectivity index (χ4n) is 5.65. The average molecular weight is 579 g/mol. The fraction of sp³-hybridized carbons (Fsp3) is 0.290. The van der Waals surface area contributed by atoms with Crippen LogP contribution in [-0.2, 0) is 0 Å². The predicted molar refractivity (Wildman–Crippen MR) is 155 cm³/mol. The van der Waals surface area contributed by atoms with E-state index in [1.54, 1.807) is 48.8 Å². The first-order chi connectivity index (χ1) is 19.7. The minimum Gasteiger partial charge on any atom is -0.478 e. The molecule has 3 heterocycles. The largest absolute Gasteiger partial charge is 0.478 e. The van der Waals surface area contributed by atoms with Crippen molar-refractivity contribution in [2.75, 3.05) is 37.6 Å². The molecule has 0 atom stereocenters. The second-order valence-electron chi connectivity index (χ2n) is 10.6. The molecule has 0 saturated carbocycles. The summed E-state index contributed by atoms with van der Waals surface area (Å²) >= 11 is 6.05. The highest BCUT2D eigenvalue weighted by Gasteiger charge is 2.36. The third kappa shape index (κ3) is 6.06. The van der Waals surface area contributed by atoms with Gasteiger partial charge in [0.1, 0.15) is 22.7 Å². The van der Waals surface area contributed by atoms with Crippen LogP contribution >= 0.6 is 11.6 Å². The summed E-state index contributed by atoms with van der Waals surface area (Å²) in [5, 5.41) is 11.2. The monoisotopic (exact) mass is 578 g/mol. The molecule has 1 fully saturated rings. The maximum absolute atomic E-state index is 14.4. The number of rotatable bonds is 7. The van der Waals surface area contributed by atoms with Crippen molar-refractivity contribution >= 4 is 39.9 Å². The number of hydrogen-bond donors (Lipinski definition) is 2. The highest BCUT2D eigenvalue weighted by Crippen LogP contribution is 2.41. The van der Waals surface area contributed by atoms with Crippen LogP contribution in [-0.4, -0.2) is 64.6 Å². The van der Waals surface area contributed by atoms with Crippen LogP contribution in [0.25, 0.3) is 16.6 Å². The standard InChI is InChI=1S/C31H29ClF2N4O3/c32-23-3-1-20(2-4-23)26-7-9-31(33,34)17-22(26)19-37-11-13-38(14-12-37)24-5-6-27(30(39)40)28(16-24)41-25-15-21-8-10-35-29(21)36-18-25/h1-6,8,10,15-16,18H,7,9,11-14,17,19H2,(H,35,36)(H,39,40). The highest BCUT2D eigenvalue weighted by atomic mass is 35.5. The van der Waals surface area contributed by atoms with Crippen LogP contribution in [0.4, 0.5) is 14.5 Å². The normalized spacial score (nSPS) is 17.7. The number of nitrogens with zero attached hydrogens (tertiary/aromatic N) is 3. The van der Waals surface area contributed by atoms with Crippen molar-refractivity contribution in [3.05, 3.63) is 88.7 Å². The summed E-state index contributed by atoms with van der Waals surface area (Å²) < 4.78 is 34.9. The predicted octanol–water partition coefficient (Wildman–Crippen LogP) is 7.10. The molecule has 0 unspecified atom stereocenters. The molecule has 1 aliphatic heterocycles. The molecule has 0 bridgehead atoms. The van der Waals surface area contributed by atoms with Gasteiger partial charge < -0.3 is 19.7 Å². The lowest BCUT2D eigenvalue weighted by atomic mass is 9.85. The molecule has 0 spiro atoms. The van der Waals surface area contributed by atoms with E-state index in [2.05, 4.69) is 19.8 Å². The van der Waals surface area contributed by atoms with Gasteiger partial charge in [-0.05, 0) is 59.5 Å². The Morgan fingerprint density at radius 3 is 2.61 bits per heavy atom. The van der Waals surface area contributed by atoms with Crippen molar-refractivity contribution in [1.29, 1.82) is 0 Å². The third-order valence-electron chi connectivity index (χ3n) is 7.78. The molecule has 1 saturated heterocycles. The summed E-state index contributed by atoms with van der Waals surface area (Å²) in [6.45, 7) is 3.20. The summed E-state index contributed by atoms with van der Waals surface area (Å²) in [7, 11) is 0. The molecule has 2 aromatic carbocycles. The van der Waals surface area contributed by atoms with E-state index in [1.165, 1.54) is 0 Å². The number of fused-ring (bicyclic) bond motifs is 1. The first kappa shape index (κ1) is 27.2. The van der Waals surface area contributed by atoms with E-state index < -0.39 is 11.9 Å². The molecule has 2 aliphatic rings. The van der Waals surface area contributed by atoms with Crippen LogP contribution in [0.1, 0.15) is 35.2 Å². The second-order valence-corrected chi connectivity index (χ2v) is 11.0. The zero-order valence-corrected chi connectivity index (χ0v) is 23.0. The number of aromatic nitrogens is 2. The third-order valence-corrected chi connectivity index (χ3v) is 8.03. The smallest absolute Gasteiger partial charge is 0.339 e. The van der Waals surface area contributed by atoms with Crippen molar-refractivity contribution in [2.45, 2.75) is 25.2 Å². The summed E-state index contributed by atoms with van der Waals surface area (Å²) in [5.74, 6) is -3.11. The molecule has 2 aromatic heterocycles. The van der Waals surface area contributed by atoms with E-state index in [9.17, 15) is 18.7 Å². The lowest BCUT2D eigenvalue weighted by Gasteiger charge is -2.38. The van der Waals surface area contributed by atoms with Gasteiger partial charge in [0.15, 0.2) is 0 Å². The van der Waals surface area contributed by atoms with Gasteiger partial charge in [0.05, 0.1) is 6.20 Å². The molecular weight excluding hydrogens is 550 g/mol. The van der Waals surface area contributed by atoms with Crippen molar-refractivity contribution in [2.24, 2.45) is 0 Å². The molecule has 4 aromatic rings. The Bertz CT molecular complexity index is 1610. The Balaban J connectivity index is 1.17. The highest BCUT2D eigenvalue weighted by molar-refractivity contribution is 6.30. The molecule has 6 rings (SSSR count). The van der Waals surface area contributed by atoms with Gasteiger partial charge in [-0.25, -0.2) is 18.6 Å². The number of carbonyl (C=O) groups is 1. The number of anilines is 1. The number of aromatic carboxylic acids is 1. The van der Waals surface area contributed by atoms with Crippen LogP contribution in [0.5, 0.6) is 11.5 Å². The van der Waals surface area contributed by atoms with E-state index in [-0.39, 0.29) is 24.2 Å². The van der Waals surface area contributed by atoms with Crippen molar-refractivity contribution in [3.63, 3.8) is 0 Å². The number of pyridine rings is 1.